The zero-order valence-electron chi connectivity index (χ0n) is 20.4. The standard InChI is InChI=1S/C26H46N2O4/c1-3-15-31-23-9-5-7-21(17-23)27-25(29)19-11-13-20(14-12-19)26(30)28-22-8-6-10-24(18-22)32-16-4-2/h19-24H,3-18H2,1-2H3,(H,27,29)(H,28,30). The van der Waals surface area contributed by atoms with Crippen LogP contribution in [0.5, 0.6) is 0 Å². The Hall–Kier alpha value is -1.14. The zero-order valence-corrected chi connectivity index (χ0v) is 20.4. The molecule has 6 nitrogen and oxygen atoms in total. The van der Waals surface area contributed by atoms with Gasteiger partial charge in [0, 0.05) is 37.1 Å². The lowest BCUT2D eigenvalue weighted by atomic mass is 9.80. The summed E-state index contributed by atoms with van der Waals surface area (Å²) in [5.74, 6) is 0.483. The monoisotopic (exact) mass is 450 g/mol. The first kappa shape index (κ1) is 25.5. The lowest BCUT2D eigenvalue weighted by Crippen LogP contribution is -2.46. The molecule has 0 bridgehead atoms. The summed E-state index contributed by atoms with van der Waals surface area (Å²) in [7, 11) is 0. The molecular formula is C26H46N2O4. The van der Waals surface area contributed by atoms with Crippen LogP contribution in [0.15, 0.2) is 0 Å². The van der Waals surface area contributed by atoms with Crippen LogP contribution in [0, 0.1) is 11.8 Å². The molecule has 0 aromatic rings. The van der Waals surface area contributed by atoms with E-state index in [0.29, 0.717) is 12.2 Å². The van der Waals surface area contributed by atoms with Crippen molar-refractivity contribution in [3.63, 3.8) is 0 Å². The fourth-order valence-corrected chi connectivity index (χ4v) is 5.68. The molecule has 4 atom stereocenters. The second-order valence-corrected chi connectivity index (χ2v) is 10.3. The minimum atomic E-state index is 0.0532. The Bertz CT molecular complexity index is 526. The molecule has 3 fully saturated rings. The lowest BCUT2D eigenvalue weighted by molar-refractivity contribution is -0.132. The minimum Gasteiger partial charge on any atom is -0.378 e. The normalized spacial score (nSPS) is 33.4. The summed E-state index contributed by atoms with van der Waals surface area (Å²) in [5.41, 5.74) is 0. The van der Waals surface area contributed by atoms with Crippen molar-refractivity contribution in [3.8, 4) is 0 Å². The number of rotatable bonds is 10. The molecule has 3 saturated carbocycles. The molecule has 2 amide bonds. The number of hydrogen-bond acceptors (Lipinski definition) is 4. The van der Waals surface area contributed by atoms with E-state index in [9.17, 15) is 9.59 Å². The highest BCUT2D eigenvalue weighted by Crippen LogP contribution is 2.31. The highest BCUT2D eigenvalue weighted by molar-refractivity contribution is 5.81. The van der Waals surface area contributed by atoms with Gasteiger partial charge in [0.2, 0.25) is 11.8 Å². The minimum absolute atomic E-state index is 0.0532. The highest BCUT2D eigenvalue weighted by atomic mass is 16.5. The number of carbonyl (C=O) groups is 2. The van der Waals surface area contributed by atoms with Crippen molar-refractivity contribution < 1.29 is 19.1 Å². The Morgan fingerprint density at radius 3 is 1.44 bits per heavy atom. The highest BCUT2D eigenvalue weighted by Gasteiger charge is 2.33. The predicted octanol–water partition coefficient (Wildman–Crippen LogP) is 4.50. The molecule has 3 rings (SSSR count). The van der Waals surface area contributed by atoms with E-state index in [1.165, 1.54) is 0 Å². The molecule has 4 unspecified atom stereocenters. The number of hydrogen-bond donors (Lipinski definition) is 2. The summed E-state index contributed by atoms with van der Waals surface area (Å²) in [4.78, 5) is 25.7. The van der Waals surface area contributed by atoms with Gasteiger partial charge in [-0.15, -0.1) is 0 Å². The van der Waals surface area contributed by atoms with Crippen LogP contribution in [0.25, 0.3) is 0 Å². The zero-order chi connectivity index (χ0) is 22.8. The van der Waals surface area contributed by atoms with Crippen molar-refractivity contribution in [2.75, 3.05) is 13.2 Å². The summed E-state index contributed by atoms with van der Waals surface area (Å²) < 4.78 is 11.8. The quantitative estimate of drug-likeness (QED) is 0.514. The van der Waals surface area contributed by atoms with Gasteiger partial charge >= 0.3 is 0 Å². The first-order valence-electron chi connectivity index (χ1n) is 13.4. The summed E-state index contributed by atoms with van der Waals surface area (Å²) in [6.45, 7) is 5.88. The second kappa shape index (κ2) is 13.5. The van der Waals surface area contributed by atoms with Crippen molar-refractivity contribution in [1.82, 2.24) is 10.6 Å². The number of ether oxygens (including phenoxy) is 2. The largest absolute Gasteiger partial charge is 0.378 e. The second-order valence-electron chi connectivity index (χ2n) is 10.3. The molecule has 0 spiro atoms. The Morgan fingerprint density at radius 2 is 1.06 bits per heavy atom. The van der Waals surface area contributed by atoms with E-state index in [1.54, 1.807) is 0 Å². The van der Waals surface area contributed by atoms with Crippen molar-refractivity contribution in [1.29, 1.82) is 0 Å². The SMILES string of the molecule is CCCOC1CCCC(NC(=O)C2CCC(C(=O)NC3CCCC(OCCC)C3)CC2)C1. The van der Waals surface area contributed by atoms with E-state index < -0.39 is 0 Å². The van der Waals surface area contributed by atoms with Gasteiger partial charge in [-0.3, -0.25) is 9.59 Å². The fraction of sp³-hybridized carbons (Fsp3) is 0.923. The molecule has 0 saturated heterocycles. The molecule has 3 aliphatic carbocycles. The van der Waals surface area contributed by atoms with Crippen LogP contribution in [0.4, 0.5) is 0 Å². The summed E-state index contributed by atoms with van der Waals surface area (Å²) in [6.07, 6.45) is 14.4. The van der Waals surface area contributed by atoms with E-state index in [4.69, 9.17) is 9.47 Å². The Kier molecular flexibility index (Phi) is 10.8. The van der Waals surface area contributed by atoms with E-state index in [0.717, 1.165) is 103 Å². The third kappa shape index (κ3) is 8.02. The van der Waals surface area contributed by atoms with Crippen molar-refractivity contribution >= 4 is 11.8 Å². The molecule has 0 aromatic carbocycles. The Morgan fingerprint density at radius 1 is 0.656 bits per heavy atom. The molecule has 184 valence electrons. The predicted molar refractivity (Wildman–Crippen MR) is 126 cm³/mol. The molecular weight excluding hydrogens is 404 g/mol. The molecule has 0 radical (unpaired) electrons. The van der Waals surface area contributed by atoms with Gasteiger partial charge in [-0.1, -0.05) is 13.8 Å². The van der Waals surface area contributed by atoms with E-state index >= 15 is 0 Å². The van der Waals surface area contributed by atoms with E-state index in [-0.39, 0.29) is 35.7 Å². The van der Waals surface area contributed by atoms with Gasteiger partial charge in [-0.05, 0) is 89.9 Å². The third-order valence-corrected chi connectivity index (χ3v) is 7.53. The van der Waals surface area contributed by atoms with Gasteiger partial charge in [0.05, 0.1) is 12.2 Å². The van der Waals surface area contributed by atoms with Gasteiger partial charge in [0.15, 0.2) is 0 Å². The molecule has 0 aromatic heterocycles. The van der Waals surface area contributed by atoms with Crippen molar-refractivity contribution in [2.24, 2.45) is 11.8 Å². The lowest BCUT2D eigenvalue weighted by Gasteiger charge is -2.34. The smallest absolute Gasteiger partial charge is 0.223 e. The van der Waals surface area contributed by atoms with Crippen LogP contribution in [0.2, 0.25) is 0 Å². The molecule has 6 heteroatoms. The first-order chi connectivity index (χ1) is 15.6. The molecule has 2 N–H and O–H groups in total. The van der Waals surface area contributed by atoms with Crippen LogP contribution in [-0.4, -0.2) is 49.3 Å². The third-order valence-electron chi connectivity index (χ3n) is 7.53. The summed E-state index contributed by atoms with van der Waals surface area (Å²) in [6, 6.07) is 0.488. The van der Waals surface area contributed by atoms with E-state index in [2.05, 4.69) is 24.5 Å². The van der Waals surface area contributed by atoms with Crippen LogP contribution in [-0.2, 0) is 19.1 Å². The van der Waals surface area contributed by atoms with E-state index in [1.807, 2.05) is 0 Å². The van der Waals surface area contributed by atoms with Gasteiger partial charge in [-0.25, -0.2) is 0 Å². The molecule has 0 heterocycles. The van der Waals surface area contributed by atoms with Crippen LogP contribution in [0.1, 0.15) is 104 Å². The Balaban J connectivity index is 1.36. The van der Waals surface area contributed by atoms with Gasteiger partial charge in [-0.2, -0.15) is 0 Å². The molecule has 3 aliphatic rings. The number of amides is 2. The number of carbonyl (C=O) groups excluding carboxylic acids is 2. The van der Waals surface area contributed by atoms with Gasteiger partial charge in [0.1, 0.15) is 0 Å². The van der Waals surface area contributed by atoms with Crippen LogP contribution in [0.3, 0.4) is 0 Å². The number of nitrogens with one attached hydrogen (secondary N) is 2. The first-order valence-corrected chi connectivity index (χ1v) is 13.4. The van der Waals surface area contributed by atoms with Crippen molar-refractivity contribution in [2.45, 2.75) is 128 Å². The van der Waals surface area contributed by atoms with Gasteiger partial charge < -0.3 is 20.1 Å². The fourth-order valence-electron chi connectivity index (χ4n) is 5.68. The average molecular weight is 451 g/mol. The van der Waals surface area contributed by atoms with Crippen molar-refractivity contribution in [3.05, 3.63) is 0 Å². The Labute approximate surface area is 194 Å². The summed E-state index contributed by atoms with van der Waals surface area (Å²) in [5, 5.41) is 6.59. The maximum absolute atomic E-state index is 12.8. The topological polar surface area (TPSA) is 76.7 Å². The molecule has 32 heavy (non-hydrogen) atoms. The molecule has 0 aliphatic heterocycles. The van der Waals surface area contributed by atoms with Crippen LogP contribution < -0.4 is 10.6 Å². The maximum Gasteiger partial charge on any atom is 0.223 e. The summed E-state index contributed by atoms with van der Waals surface area (Å²) >= 11 is 0. The maximum atomic E-state index is 12.8. The average Bonchev–Trinajstić information content (AvgIpc) is 2.82. The van der Waals surface area contributed by atoms with Crippen LogP contribution >= 0.6 is 0 Å². The van der Waals surface area contributed by atoms with Gasteiger partial charge in [0.25, 0.3) is 0 Å².